The monoisotopic (exact) mass is 291 g/mol. The highest BCUT2D eigenvalue weighted by Crippen LogP contribution is 2.15. The highest BCUT2D eigenvalue weighted by atomic mass is 35.5. The Balaban J connectivity index is 2.80. The summed E-state index contributed by atoms with van der Waals surface area (Å²) < 4.78 is 13.6. The van der Waals surface area contributed by atoms with Crippen LogP contribution in [0.2, 0.25) is 5.02 Å². The Bertz CT molecular complexity index is 423. The molecule has 0 bridgehead atoms. The van der Waals surface area contributed by atoms with E-state index in [0.717, 1.165) is 6.07 Å². The molecular formula is C13H16Cl2FNO. The molecule has 1 rings (SSSR count). The minimum atomic E-state index is -0.617. The smallest absolute Gasteiger partial charge is 0.254 e. The van der Waals surface area contributed by atoms with E-state index in [9.17, 15) is 9.18 Å². The van der Waals surface area contributed by atoms with Crippen LogP contribution >= 0.6 is 23.2 Å². The van der Waals surface area contributed by atoms with E-state index in [4.69, 9.17) is 23.2 Å². The average Bonchev–Trinajstić information content (AvgIpc) is 2.27. The van der Waals surface area contributed by atoms with Crippen molar-refractivity contribution in [2.75, 3.05) is 5.88 Å². The fourth-order valence-electron chi connectivity index (χ4n) is 1.61. The third-order valence-corrected chi connectivity index (χ3v) is 3.17. The van der Waals surface area contributed by atoms with Crippen LogP contribution < -0.4 is 5.32 Å². The van der Waals surface area contributed by atoms with Crippen LogP contribution in [0, 0.1) is 11.7 Å². The number of benzene rings is 1. The zero-order valence-electron chi connectivity index (χ0n) is 10.3. The largest absolute Gasteiger partial charge is 0.349 e. The maximum Gasteiger partial charge on any atom is 0.254 e. The lowest BCUT2D eigenvalue weighted by molar-refractivity contribution is 0.0921. The molecule has 2 nitrogen and oxygen atoms in total. The molecule has 0 spiro atoms. The Labute approximate surface area is 116 Å². The summed E-state index contributed by atoms with van der Waals surface area (Å²) >= 11 is 11.3. The molecule has 0 radical (unpaired) electrons. The van der Waals surface area contributed by atoms with Gasteiger partial charge in [-0.1, -0.05) is 25.4 Å². The number of carbonyl (C=O) groups is 1. The van der Waals surface area contributed by atoms with Crippen LogP contribution in [-0.4, -0.2) is 17.8 Å². The average molecular weight is 292 g/mol. The van der Waals surface area contributed by atoms with Crippen LogP contribution in [0.3, 0.4) is 0 Å². The number of hydrogen-bond acceptors (Lipinski definition) is 1. The van der Waals surface area contributed by atoms with Gasteiger partial charge in [-0.15, -0.1) is 11.6 Å². The van der Waals surface area contributed by atoms with Gasteiger partial charge in [-0.2, -0.15) is 0 Å². The SMILES string of the molecule is CC(C)C(CCCl)NC(=O)c1ccc(Cl)cc1F. The minimum Gasteiger partial charge on any atom is -0.349 e. The number of alkyl halides is 1. The molecule has 0 heterocycles. The van der Waals surface area contributed by atoms with E-state index in [2.05, 4.69) is 5.32 Å². The number of rotatable bonds is 5. The van der Waals surface area contributed by atoms with Crippen LogP contribution in [0.25, 0.3) is 0 Å². The molecule has 1 unspecified atom stereocenters. The summed E-state index contributed by atoms with van der Waals surface area (Å²) in [6, 6.07) is 3.93. The van der Waals surface area contributed by atoms with Gasteiger partial charge in [-0.05, 0) is 30.5 Å². The standard InChI is InChI=1S/C13H16Cl2FNO/c1-8(2)12(5-6-14)17-13(18)10-4-3-9(15)7-11(10)16/h3-4,7-8,12H,5-6H2,1-2H3,(H,17,18). The van der Waals surface area contributed by atoms with E-state index in [-0.39, 0.29) is 22.5 Å². The highest BCUT2D eigenvalue weighted by Gasteiger charge is 2.18. The lowest BCUT2D eigenvalue weighted by atomic mass is 10.0. The summed E-state index contributed by atoms with van der Waals surface area (Å²) in [6.07, 6.45) is 0.653. The maximum atomic E-state index is 13.6. The van der Waals surface area contributed by atoms with E-state index in [1.165, 1.54) is 12.1 Å². The number of amides is 1. The molecule has 0 aromatic heterocycles. The van der Waals surface area contributed by atoms with Crippen LogP contribution in [0.1, 0.15) is 30.6 Å². The molecule has 0 aliphatic carbocycles. The van der Waals surface area contributed by atoms with Crippen molar-refractivity contribution in [2.24, 2.45) is 5.92 Å². The molecule has 1 atom stereocenters. The number of nitrogens with one attached hydrogen (secondary N) is 1. The zero-order chi connectivity index (χ0) is 13.7. The van der Waals surface area contributed by atoms with Gasteiger partial charge < -0.3 is 5.32 Å². The summed E-state index contributed by atoms with van der Waals surface area (Å²) in [5.74, 6) is -0.365. The molecule has 1 N–H and O–H groups in total. The van der Waals surface area contributed by atoms with Gasteiger partial charge in [0.15, 0.2) is 0 Å². The van der Waals surface area contributed by atoms with Crippen LogP contribution in [-0.2, 0) is 0 Å². The summed E-state index contributed by atoms with van der Waals surface area (Å²) in [5.41, 5.74) is -0.000350. The Kier molecular flexibility index (Phi) is 5.89. The van der Waals surface area contributed by atoms with Crippen molar-refractivity contribution < 1.29 is 9.18 Å². The fraction of sp³-hybridized carbons (Fsp3) is 0.462. The van der Waals surface area contributed by atoms with E-state index in [1.807, 2.05) is 13.8 Å². The molecule has 5 heteroatoms. The molecule has 0 saturated carbocycles. The highest BCUT2D eigenvalue weighted by molar-refractivity contribution is 6.30. The second kappa shape index (κ2) is 6.95. The summed E-state index contributed by atoms with van der Waals surface area (Å²) in [4.78, 5) is 11.9. The molecular weight excluding hydrogens is 276 g/mol. The first-order chi connectivity index (χ1) is 8.45. The molecule has 0 saturated heterocycles. The Morgan fingerprint density at radius 2 is 2.11 bits per heavy atom. The predicted octanol–water partition coefficient (Wildman–Crippen LogP) is 3.86. The lowest BCUT2D eigenvalue weighted by Crippen LogP contribution is -2.39. The predicted molar refractivity (Wildman–Crippen MR) is 72.8 cm³/mol. The third kappa shape index (κ3) is 4.14. The normalized spacial score (nSPS) is 12.6. The quantitative estimate of drug-likeness (QED) is 0.820. The topological polar surface area (TPSA) is 29.1 Å². The minimum absolute atomic E-state index is 0.000350. The van der Waals surface area contributed by atoms with Crippen molar-refractivity contribution in [1.82, 2.24) is 5.32 Å². The molecule has 1 aromatic rings. The van der Waals surface area contributed by atoms with Gasteiger partial charge in [-0.25, -0.2) is 4.39 Å². The molecule has 18 heavy (non-hydrogen) atoms. The fourth-order valence-corrected chi connectivity index (χ4v) is 2.00. The Morgan fingerprint density at radius 3 is 2.61 bits per heavy atom. The van der Waals surface area contributed by atoms with Gasteiger partial charge in [-0.3, -0.25) is 4.79 Å². The van der Waals surface area contributed by atoms with Crippen molar-refractivity contribution in [1.29, 1.82) is 0 Å². The van der Waals surface area contributed by atoms with Gasteiger partial charge in [0.1, 0.15) is 5.82 Å². The van der Waals surface area contributed by atoms with Crippen molar-refractivity contribution in [3.63, 3.8) is 0 Å². The number of carbonyl (C=O) groups excluding carboxylic acids is 1. The van der Waals surface area contributed by atoms with E-state index >= 15 is 0 Å². The maximum absolute atomic E-state index is 13.6. The number of halogens is 3. The zero-order valence-corrected chi connectivity index (χ0v) is 11.9. The first kappa shape index (κ1) is 15.3. The van der Waals surface area contributed by atoms with E-state index in [0.29, 0.717) is 12.3 Å². The molecule has 0 aliphatic rings. The van der Waals surface area contributed by atoms with Gasteiger partial charge >= 0.3 is 0 Å². The van der Waals surface area contributed by atoms with Gasteiger partial charge in [0.2, 0.25) is 0 Å². The first-order valence-electron chi connectivity index (χ1n) is 5.77. The summed E-state index contributed by atoms with van der Waals surface area (Å²) in [6.45, 7) is 3.96. The second-order valence-corrected chi connectivity index (χ2v) is 5.24. The molecule has 1 aromatic carbocycles. The third-order valence-electron chi connectivity index (χ3n) is 2.72. The Hall–Kier alpha value is -0.800. The lowest BCUT2D eigenvalue weighted by Gasteiger charge is -2.21. The first-order valence-corrected chi connectivity index (χ1v) is 6.68. The second-order valence-electron chi connectivity index (χ2n) is 4.43. The Morgan fingerprint density at radius 1 is 1.44 bits per heavy atom. The van der Waals surface area contributed by atoms with Crippen molar-refractivity contribution in [3.8, 4) is 0 Å². The van der Waals surface area contributed by atoms with E-state index < -0.39 is 11.7 Å². The van der Waals surface area contributed by atoms with E-state index in [1.54, 1.807) is 0 Å². The molecule has 0 aliphatic heterocycles. The molecule has 100 valence electrons. The molecule has 0 fully saturated rings. The number of hydrogen-bond donors (Lipinski definition) is 1. The van der Waals surface area contributed by atoms with Gasteiger partial charge in [0.25, 0.3) is 5.91 Å². The summed E-state index contributed by atoms with van der Waals surface area (Å²) in [7, 11) is 0. The molecule has 1 amide bonds. The van der Waals surface area contributed by atoms with Crippen LogP contribution in [0.15, 0.2) is 18.2 Å². The van der Waals surface area contributed by atoms with Gasteiger partial charge in [0.05, 0.1) is 5.56 Å². The van der Waals surface area contributed by atoms with Crippen molar-refractivity contribution in [3.05, 3.63) is 34.6 Å². The van der Waals surface area contributed by atoms with Crippen molar-refractivity contribution in [2.45, 2.75) is 26.3 Å². The summed E-state index contributed by atoms with van der Waals surface area (Å²) in [5, 5.41) is 3.06. The van der Waals surface area contributed by atoms with Crippen LogP contribution in [0.5, 0.6) is 0 Å². The van der Waals surface area contributed by atoms with Crippen LogP contribution in [0.4, 0.5) is 4.39 Å². The van der Waals surface area contributed by atoms with Gasteiger partial charge in [0, 0.05) is 16.9 Å². The van der Waals surface area contributed by atoms with Crippen molar-refractivity contribution >= 4 is 29.1 Å².